The average molecular weight is 351 g/mol. The molecule has 2 aromatic heterocycles. The smallest absolute Gasteiger partial charge is 0.245 e. The van der Waals surface area contributed by atoms with Crippen LogP contribution in [0.5, 0.6) is 0 Å². The molecule has 0 aromatic carbocycles. The van der Waals surface area contributed by atoms with Crippen molar-refractivity contribution in [2.45, 2.75) is 24.4 Å². The summed E-state index contributed by atoms with van der Waals surface area (Å²) in [5.74, 6) is 0.599. The van der Waals surface area contributed by atoms with Crippen LogP contribution in [0.15, 0.2) is 20.0 Å². The second-order valence-electron chi connectivity index (χ2n) is 3.67. The first-order valence-corrected chi connectivity index (χ1v) is 7.45. The molecule has 0 fully saturated rings. The van der Waals surface area contributed by atoms with Crippen LogP contribution in [0.25, 0.3) is 0 Å². The molecular weight excluding hydrogens is 340 g/mol. The van der Waals surface area contributed by atoms with E-state index in [4.69, 9.17) is 10.2 Å². The van der Waals surface area contributed by atoms with Gasteiger partial charge in [0.25, 0.3) is 0 Å². The Labute approximate surface area is 117 Å². The standard InChI is InChI=1S/C8H11BrN6O3S/c1-4(8-11-14-15-12-8)13-19(16,17)6-2-5(3-10)18-7(6)9/h2,4,13H,3,10H2,1H3,(H,11,12,14,15). The van der Waals surface area contributed by atoms with E-state index < -0.39 is 16.1 Å². The van der Waals surface area contributed by atoms with E-state index >= 15 is 0 Å². The largest absolute Gasteiger partial charge is 0.452 e. The highest BCUT2D eigenvalue weighted by molar-refractivity contribution is 9.10. The summed E-state index contributed by atoms with van der Waals surface area (Å²) >= 11 is 3.04. The lowest BCUT2D eigenvalue weighted by Gasteiger charge is -2.09. The predicted octanol–water partition coefficient (Wildman–Crippen LogP) is 0.0534. The number of nitrogens with two attached hydrogens (primary N) is 1. The molecule has 2 aromatic rings. The SMILES string of the molecule is CC(NS(=O)(=O)c1cc(CN)oc1Br)c1nn[nH]n1. The van der Waals surface area contributed by atoms with Crippen molar-refractivity contribution in [2.75, 3.05) is 0 Å². The maximum absolute atomic E-state index is 12.2. The summed E-state index contributed by atoms with van der Waals surface area (Å²) in [6.07, 6.45) is 0. The average Bonchev–Trinajstić information content (AvgIpc) is 2.96. The summed E-state index contributed by atoms with van der Waals surface area (Å²) < 4.78 is 32.0. The summed E-state index contributed by atoms with van der Waals surface area (Å²) in [5.41, 5.74) is 5.39. The van der Waals surface area contributed by atoms with Crippen molar-refractivity contribution in [2.24, 2.45) is 5.73 Å². The van der Waals surface area contributed by atoms with Crippen LogP contribution in [0.1, 0.15) is 24.6 Å². The molecule has 0 saturated carbocycles. The third-order valence-corrected chi connectivity index (χ3v) is 4.68. The number of nitrogens with one attached hydrogen (secondary N) is 2. The van der Waals surface area contributed by atoms with Gasteiger partial charge in [-0.15, -0.1) is 10.2 Å². The number of hydrogen-bond donors (Lipinski definition) is 3. The number of aromatic amines is 1. The second-order valence-corrected chi connectivity index (χ2v) is 6.07. The van der Waals surface area contributed by atoms with Crippen LogP contribution in [-0.4, -0.2) is 29.0 Å². The molecule has 0 saturated heterocycles. The number of hydrogen-bond acceptors (Lipinski definition) is 7. The van der Waals surface area contributed by atoms with Gasteiger partial charge in [-0.2, -0.15) is 5.21 Å². The Morgan fingerprint density at radius 3 is 2.89 bits per heavy atom. The van der Waals surface area contributed by atoms with Crippen molar-refractivity contribution in [1.82, 2.24) is 25.3 Å². The van der Waals surface area contributed by atoms with Gasteiger partial charge in [0, 0.05) is 6.07 Å². The third-order valence-electron chi connectivity index (χ3n) is 2.28. The number of H-pyrrole nitrogens is 1. The van der Waals surface area contributed by atoms with Crippen molar-refractivity contribution in [3.63, 3.8) is 0 Å². The second kappa shape index (κ2) is 5.36. The predicted molar refractivity (Wildman–Crippen MR) is 67.2 cm³/mol. The Morgan fingerprint density at radius 1 is 1.63 bits per heavy atom. The molecule has 0 bridgehead atoms. The summed E-state index contributed by atoms with van der Waals surface area (Å²) in [6.45, 7) is 1.70. The van der Waals surface area contributed by atoms with Gasteiger partial charge in [0.15, 0.2) is 10.5 Å². The fourth-order valence-electron chi connectivity index (χ4n) is 1.38. The number of furan rings is 1. The van der Waals surface area contributed by atoms with Gasteiger partial charge in [-0.1, -0.05) is 5.21 Å². The molecule has 0 aliphatic carbocycles. The lowest BCUT2D eigenvalue weighted by molar-refractivity contribution is 0.483. The lowest BCUT2D eigenvalue weighted by atomic mass is 10.4. The zero-order chi connectivity index (χ0) is 14.0. The van der Waals surface area contributed by atoms with E-state index in [9.17, 15) is 8.42 Å². The first-order valence-electron chi connectivity index (χ1n) is 5.18. The van der Waals surface area contributed by atoms with Crippen molar-refractivity contribution >= 4 is 26.0 Å². The number of tetrazole rings is 1. The quantitative estimate of drug-likeness (QED) is 0.691. The van der Waals surface area contributed by atoms with Crippen LogP contribution < -0.4 is 10.5 Å². The Balaban J connectivity index is 2.25. The van der Waals surface area contributed by atoms with E-state index in [-0.39, 0.29) is 21.9 Å². The fourth-order valence-corrected chi connectivity index (χ4v) is 3.58. The van der Waals surface area contributed by atoms with Crippen LogP contribution in [0, 0.1) is 0 Å². The molecule has 104 valence electrons. The van der Waals surface area contributed by atoms with Gasteiger partial charge < -0.3 is 10.2 Å². The van der Waals surface area contributed by atoms with E-state index in [1.165, 1.54) is 6.07 Å². The van der Waals surface area contributed by atoms with Crippen molar-refractivity contribution < 1.29 is 12.8 Å². The molecule has 1 atom stereocenters. The minimum Gasteiger partial charge on any atom is -0.452 e. The van der Waals surface area contributed by atoms with Crippen molar-refractivity contribution in [3.8, 4) is 0 Å². The molecule has 0 radical (unpaired) electrons. The monoisotopic (exact) mass is 350 g/mol. The first kappa shape index (κ1) is 14.1. The minimum atomic E-state index is -3.77. The molecule has 4 N–H and O–H groups in total. The lowest BCUT2D eigenvalue weighted by Crippen LogP contribution is -2.27. The number of rotatable bonds is 5. The number of sulfonamides is 1. The van der Waals surface area contributed by atoms with E-state index in [2.05, 4.69) is 41.3 Å². The molecule has 0 amide bonds. The van der Waals surface area contributed by atoms with E-state index in [0.717, 1.165) is 0 Å². The Hall–Kier alpha value is -1.30. The van der Waals surface area contributed by atoms with Crippen LogP contribution >= 0.6 is 15.9 Å². The fraction of sp³-hybridized carbons (Fsp3) is 0.375. The molecule has 0 spiro atoms. The van der Waals surface area contributed by atoms with Crippen LogP contribution in [0.2, 0.25) is 0 Å². The van der Waals surface area contributed by atoms with Crippen LogP contribution in [-0.2, 0) is 16.6 Å². The zero-order valence-corrected chi connectivity index (χ0v) is 12.2. The van der Waals surface area contributed by atoms with Gasteiger partial charge in [0.05, 0.1) is 12.6 Å². The van der Waals surface area contributed by atoms with Crippen molar-refractivity contribution in [1.29, 1.82) is 0 Å². The highest BCUT2D eigenvalue weighted by atomic mass is 79.9. The summed E-state index contributed by atoms with van der Waals surface area (Å²) in [7, 11) is -3.77. The molecule has 9 nitrogen and oxygen atoms in total. The Morgan fingerprint density at radius 2 is 2.37 bits per heavy atom. The van der Waals surface area contributed by atoms with Gasteiger partial charge in [0.1, 0.15) is 10.7 Å². The zero-order valence-electron chi connectivity index (χ0n) is 9.79. The van der Waals surface area contributed by atoms with E-state index in [0.29, 0.717) is 5.76 Å². The highest BCUT2D eigenvalue weighted by Gasteiger charge is 2.25. The molecule has 19 heavy (non-hydrogen) atoms. The topological polar surface area (TPSA) is 140 Å². The van der Waals surface area contributed by atoms with Gasteiger partial charge in [-0.3, -0.25) is 0 Å². The minimum absolute atomic E-state index is 0.0247. The number of halogens is 1. The maximum Gasteiger partial charge on any atom is 0.245 e. The van der Waals surface area contributed by atoms with Gasteiger partial charge in [-0.25, -0.2) is 13.1 Å². The van der Waals surface area contributed by atoms with Crippen LogP contribution in [0.3, 0.4) is 0 Å². The molecule has 2 heterocycles. The Kier molecular flexibility index (Phi) is 3.99. The first-order chi connectivity index (χ1) is 8.94. The van der Waals surface area contributed by atoms with Crippen molar-refractivity contribution in [3.05, 3.63) is 22.3 Å². The van der Waals surface area contributed by atoms with Gasteiger partial charge in [0.2, 0.25) is 10.0 Å². The summed E-state index contributed by atoms with van der Waals surface area (Å²) in [5, 5.41) is 13.0. The molecular formula is C8H11BrN6O3S. The normalized spacial score (nSPS) is 13.6. The molecule has 2 rings (SSSR count). The number of nitrogens with zero attached hydrogens (tertiary/aromatic N) is 3. The number of aromatic nitrogens is 4. The Bertz CT molecular complexity index is 652. The third kappa shape index (κ3) is 3.00. The summed E-state index contributed by atoms with van der Waals surface area (Å²) in [6, 6.07) is 0.724. The molecule has 11 heteroatoms. The van der Waals surface area contributed by atoms with Gasteiger partial charge in [-0.05, 0) is 22.9 Å². The molecule has 0 aliphatic heterocycles. The maximum atomic E-state index is 12.2. The molecule has 0 aliphatic rings. The molecule has 1 unspecified atom stereocenters. The van der Waals surface area contributed by atoms with E-state index in [1.54, 1.807) is 6.92 Å². The highest BCUT2D eigenvalue weighted by Crippen LogP contribution is 2.26. The summed E-state index contributed by atoms with van der Waals surface area (Å²) in [4.78, 5) is -0.0247. The van der Waals surface area contributed by atoms with Crippen LogP contribution in [0.4, 0.5) is 0 Å². The van der Waals surface area contributed by atoms with Gasteiger partial charge >= 0.3 is 0 Å². The van der Waals surface area contributed by atoms with E-state index in [1.807, 2.05) is 0 Å².